The number of nitrogens with zero attached hydrogens (tertiary/aromatic N) is 3. The summed E-state index contributed by atoms with van der Waals surface area (Å²) in [7, 11) is 3.26. The van der Waals surface area contributed by atoms with E-state index in [2.05, 4.69) is 9.97 Å². The van der Waals surface area contributed by atoms with Gasteiger partial charge in [0, 0.05) is 20.3 Å². The molecule has 1 aromatic rings. The van der Waals surface area contributed by atoms with E-state index in [0.29, 0.717) is 18.4 Å². The first-order valence-electron chi connectivity index (χ1n) is 7.20. The number of aromatic nitrogens is 2. The lowest BCUT2D eigenvalue weighted by Crippen LogP contribution is -2.41. The fourth-order valence-electron chi connectivity index (χ4n) is 1.97. The first kappa shape index (κ1) is 16.0. The van der Waals surface area contributed by atoms with Crippen LogP contribution < -0.4 is 15.1 Å². The molecule has 21 heavy (non-hydrogen) atoms. The summed E-state index contributed by atoms with van der Waals surface area (Å²) in [6.07, 6.45) is 1.72. The standard InChI is InChI=1S/C14H24BN3O3/c1-8-19-11-10(9-16-12(17-11)18(6)7)15-20-13(2,3)14(4,5)21-15/h9H,8H2,1-7H3. The Balaban J connectivity index is 2.36. The van der Waals surface area contributed by atoms with Crippen molar-refractivity contribution in [3.63, 3.8) is 0 Å². The van der Waals surface area contributed by atoms with Crippen molar-refractivity contribution in [3.05, 3.63) is 6.20 Å². The van der Waals surface area contributed by atoms with E-state index in [0.717, 1.165) is 5.46 Å². The normalized spacial score (nSPS) is 19.7. The number of anilines is 1. The summed E-state index contributed by atoms with van der Waals surface area (Å²) in [6.45, 7) is 10.5. The van der Waals surface area contributed by atoms with Crippen LogP contribution in [0.1, 0.15) is 34.6 Å². The number of rotatable bonds is 4. The molecule has 116 valence electrons. The van der Waals surface area contributed by atoms with Crippen molar-refractivity contribution in [3.8, 4) is 5.88 Å². The van der Waals surface area contributed by atoms with Gasteiger partial charge in [-0.1, -0.05) is 0 Å². The Morgan fingerprint density at radius 3 is 2.24 bits per heavy atom. The van der Waals surface area contributed by atoms with Crippen molar-refractivity contribution < 1.29 is 14.0 Å². The minimum absolute atomic E-state index is 0.401. The molecule has 2 heterocycles. The van der Waals surface area contributed by atoms with Gasteiger partial charge in [-0.05, 0) is 34.6 Å². The van der Waals surface area contributed by atoms with Crippen molar-refractivity contribution in [2.45, 2.75) is 45.8 Å². The number of hydrogen-bond acceptors (Lipinski definition) is 6. The Labute approximate surface area is 127 Å². The van der Waals surface area contributed by atoms with Crippen LogP contribution >= 0.6 is 0 Å². The molecule has 0 amide bonds. The molecule has 1 aliphatic rings. The van der Waals surface area contributed by atoms with Crippen molar-refractivity contribution in [2.75, 3.05) is 25.6 Å². The van der Waals surface area contributed by atoms with Gasteiger partial charge in [0.05, 0.1) is 23.3 Å². The van der Waals surface area contributed by atoms with Crippen LogP contribution in [-0.2, 0) is 9.31 Å². The second-order valence-electron chi connectivity index (χ2n) is 6.35. The summed E-state index contributed by atoms with van der Waals surface area (Å²) in [5, 5.41) is 0. The topological polar surface area (TPSA) is 56.7 Å². The largest absolute Gasteiger partial charge is 0.502 e. The first-order chi connectivity index (χ1) is 9.68. The zero-order valence-electron chi connectivity index (χ0n) is 13.9. The fourth-order valence-corrected chi connectivity index (χ4v) is 1.97. The molecule has 0 atom stereocenters. The average Bonchev–Trinajstić information content (AvgIpc) is 2.58. The van der Waals surface area contributed by atoms with Crippen LogP contribution in [0, 0.1) is 0 Å². The SMILES string of the molecule is CCOc1nc(N(C)C)ncc1B1OC(C)(C)C(C)(C)O1. The maximum Gasteiger partial charge on any atom is 0.502 e. The van der Waals surface area contributed by atoms with E-state index < -0.39 is 18.3 Å². The molecular formula is C14H24BN3O3. The minimum Gasteiger partial charge on any atom is -0.478 e. The summed E-state index contributed by atoms with van der Waals surface area (Å²) < 4.78 is 17.7. The lowest BCUT2D eigenvalue weighted by atomic mass is 9.81. The molecule has 0 aromatic carbocycles. The molecule has 1 fully saturated rings. The highest BCUT2D eigenvalue weighted by molar-refractivity contribution is 6.63. The fraction of sp³-hybridized carbons (Fsp3) is 0.714. The Morgan fingerprint density at radius 1 is 1.19 bits per heavy atom. The molecule has 1 aromatic heterocycles. The van der Waals surface area contributed by atoms with Crippen LogP contribution in [0.25, 0.3) is 0 Å². The Kier molecular flexibility index (Phi) is 4.17. The third kappa shape index (κ3) is 2.99. The van der Waals surface area contributed by atoms with Crippen LogP contribution in [0.3, 0.4) is 0 Å². The average molecular weight is 293 g/mol. The summed E-state index contributed by atoms with van der Waals surface area (Å²) in [5.41, 5.74) is -0.0796. The third-order valence-electron chi connectivity index (χ3n) is 3.96. The van der Waals surface area contributed by atoms with Crippen LogP contribution in [0.2, 0.25) is 0 Å². The summed E-state index contributed by atoms with van der Waals surface area (Å²) >= 11 is 0. The van der Waals surface area contributed by atoms with E-state index in [1.165, 1.54) is 0 Å². The van der Waals surface area contributed by atoms with Gasteiger partial charge in [0.25, 0.3) is 0 Å². The molecule has 7 heteroatoms. The second kappa shape index (κ2) is 5.46. The van der Waals surface area contributed by atoms with Gasteiger partial charge in [0.2, 0.25) is 11.8 Å². The minimum atomic E-state index is -0.521. The van der Waals surface area contributed by atoms with E-state index in [9.17, 15) is 0 Å². The summed E-state index contributed by atoms with van der Waals surface area (Å²) in [6, 6.07) is 0. The van der Waals surface area contributed by atoms with E-state index in [1.807, 2.05) is 53.6 Å². The lowest BCUT2D eigenvalue weighted by molar-refractivity contribution is 0.00578. The number of hydrogen-bond donors (Lipinski definition) is 0. The van der Waals surface area contributed by atoms with Crippen molar-refractivity contribution >= 4 is 18.5 Å². The maximum absolute atomic E-state index is 6.04. The highest BCUT2D eigenvalue weighted by atomic mass is 16.7. The van der Waals surface area contributed by atoms with Gasteiger partial charge in [-0.3, -0.25) is 0 Å². The molecule has 6 nitrogen and oxygen atoms in total. The third-order valence-corrected chi connectivity index (χ3v) is 3.96. The molecule has 0 aliphatic carbocycles. The van der Waals surface area contributed by atoms with Gasteiger partial charge in [-0.15, -0.1) is 0 Å². The van der Waals surface area contributed by atoms with Crippen molar-refractivity contribution in [1.29, 1.82) is 0 Å². The predicted molar refractivity (Wildman–Crippen MR) is 83.2 cm³/mol. The first-order valence-corrected chi connectivity index (χ1v) is 7.20. The van der Waals surface area contributed by atoms with Crippen LogP contribution in [0.5, 0.6) is 5.88 Å². The maximum atomic E-state index is 6.04. The molecule has 1 saturated heterocycles. The van der Waals surface area contributed by atoms with Gasteiger partial charge < -0.3 is 18.9 Å². The molecule has 0 N–H and O–H groups in total. The van der Waals surface area contributed by atoms with Gasteiger partial charge >= 0.3 is 7.12 Å². The zero-order chi connectivity index (χ0) is 15.8. The molecule has 0 radical (unpaired) electrons. The summed E-state index contributed by atoms with van der Waals surface area (Å²) in [4.78, 5) is 10.6. The Morgan fingerprint density at radius 2 is 1.76 bits per heavy atom. The smallest absolute Gasteiger partial charge is 0.478 e. The lowest BCUT2D eigenvalue weighted by Gasteiger charge is -2.32. The van der Waals surface area contributed by atoms with E-state index in [-0.39, 0.29) is 0 Å². The Bertz CT molecular complexity index is 504. The van der Waals surface area contributed by atoms with Gasteiger partial charge in [0.1, 0.15) is 0 Å². The molecule has 0 saturated carbocycles. The highest BCUT2D eigenvalue weighted by Gasteiger charge is 2.52. The quantitative estimate of drug-likeness (QED) is 0.779. The second-order valence-corrected chi connectivity index (χ2v) is 6.35. The van der Waals surface area contributed by atoms with E-state index in [1.54, 1.807) is 6.20 Å². The van der Waals surface area contributed by atoms with Crippen LogP contribution in [0.15, 0.2) is 6.20 Å². The van der Waals surface area contributed by atoms with Gasteiger partial charge in [0.15, 0.2) is 0 Å². The molecule has 0 spiro atoms. The molecule has 0 bridgehead atoms. The van der Waals surface area contributed by atoms with Gasteiger partial charge in [-0.2, -0.15) is 4.98 Å². The molecule has 0 unspecified atom stereocenters. The number of ether oxygens (including phenoxy) is 1. The highest BCUT2D eigenvalue weighted by Crippen LogP contribution is 2.37. The predicted octanol–water partition coefficient (Wildman–Crippen LogP) is 1.24. The van der Waals surface area contributed by atoms with Crippen LogP contribution in [-0.4, -0.2) is 49.0 Å². The van der Waals surface area contributed by atoms with Crippen molar-refractivity contribution in [2.24, 2.45) is 0 Å². The zero-order valence-corrected chi connectivity index (χ0v) is 13.9. The monoisotopic (exact) mass is 293 g/mol. The van der Waals surface area contributed by atoms with Gasteiger partial charge in [-0.25, -0.2) is 4.98 Å². The van der Waals surface area contributed by atoms with E-state index >= 15 is 0 Å². The Hall–Kier alpha value is -1.34. The molecule has 1 aliphatic heterocycles. The van der Waals surface area contributed by atoms with E-state index in [4.69, 9.17) is 14.0 Å². The van der Waals surface area contributed by atoms with Crippen LogP contribution in [0.4, 0.5) is 5.95 Å². The molecular weight excluding hydrogens is 269 g/mol. The summed E-state index contributed by atoms with van der Waals surface area (Å²) in [5.74, 6) is 1.11. The molecule has 2 rings (SSSR count). The van der Waals surface area contributed by atoms with Crippen molar-refractivity contribution in [1.82, 2.24) is 9.97 Å².